The van der Waals surface area contributed by atoms with Gasteiger partial charge in [0.15, 0.2) is 0 Å². The molecular weight excluding hydrogens is 460 g/mol. The fourth-order valence-corrected chi connectivity index (χ4v) is 6.29. The second kappa shape index (κ2) is 11.5. The van der Waals surface area contributed by atoms with Crippen LogP contribution in [0.15, 0.2) is 60.7 Å². The highest BCUT2D eigenvalue weighted by Gasteiger charge is 2.42. The van der Waals surface area contributed by atoms with Crippen molar-refractivity contribution in [3.8, 4) is 0 Å². The lowest BCUT2D eigenvalue weighted by Crippen LogP contribution is -2.46. The van der Waals surface area contributed by atoms with Gasteiger partial charge in [0, 0.05) is 49.4 Å². The van der Waals surface area contributed by atoms with Gasteiger partial charge in [-0.25, -0.2) is 4.79 Å². The molecule has 37 heavy (non-hydrogen) atoms. The SMILES string of the molecule is Cc1nnc(C(C)C)n1C1C[C@H]2CC[C@H](C1)N2CCCN(C(=O)NCc1ccccc1)c1ccccc1. The third-order valence-corrected chi connectivity index (χ3v) is 8.03. The lowest BCUT2D eigenvalue weighted by molar-refractivity contribution is 0.104. The van der Waals surface area contributed by atoms with E-state index in [2.05, 4.69) is 45.8 Å². The Morgan fingerprint density at radius 1 is 0.973 bits per heavy atom. The maximum absolute atomic E-state index is 13.2. The first-order valence-electron chi connectivity index (χ1n) is 13.8. The first kappa shape index (κ1) is 25.5. The topological polar surface area (TPSA) is 66.3 Å². The summed E-state index contributed by atoms with van der Waals surface area (Å²) in [4.78, 5) is 17.8. The van der Waals surface area contributed by atoms with E-state index < -0.39 is 0 Å². The zero-order valence-corrected chi connectivity index (χ0v) is 22.4. The normalized spacial score (nSPS) is 21.4. The van der Waals surface area contributed by atoms with Crippen molar-refractivity contribution in [3.63, 3.8) is 0 Å². The van der Waals surface area contributed by atoms with Crippen LogP contribution in [-0.4, -0.2) is 50.9 Å². The molecule has 0 unspecified atom stereocenters. The number of amides is 2. The van der Waals surface area contributed by atoms with E-state index in [4.69, 9.17) is 0 Å². The molecule has 2 bridgehead atoms. The number of rotatable bonds is 9. The van der Waals surface area contributed by atoms with E-state index in [9.17, 15) is 4.79 Å². The maximum Gasteiger partial charge on any atom is 0.322 e. The molecule has 2 fully saturated rings. The molecule has 2 atom stereocenters. The summed E-state index contributed by atoms with van der Waals surface area (Å²) >= 11 is 0. The highest BCUT2D eigenvalue weighted by Crippen LogP contribution is 2.42. The fraction of sp³-hybridized carbons (Fsp3) is 0.500. The van der Waals surface area contributed by atoms with Gasteiger partial charge in [0.1, 0.15) is 11.6 Å². The molecule has 3 heterocycles. The number of anilines is 1. The summed E-state index contributed by atoms with van der Waals surface area (Å²) in [5.41, 5.74) is 2.05. The van der Waals surface area contributed by atoms with Gasteiger partial charge in [-0.15, -0.1) is 10.2 Å². The summed E-state index contributed by atoms with van der Waals surface area (Å²) in [6, 6.07) is 21.8. The number of hydrogen-bond donors (Lipinski definition) is 1. The molecule has 2 saturated heterocycles. The van der Waals surface area contributed by atoms with Crippen LogP contribution < -0.4 is 10.2 Å². The Morgan fingerprint density at radius 2 is 1.62 bits per heavy atom. The number of hydrogen-bond acceptors (Lipinski definition) is 4. The molecule has 5 rings (SSSR count). The van der Waals surface area contributed by atoms with Crippen molar-refractivity contribution in [2.45, 2.75) is 83.5 Å². The van der Waals surface area contributed by atoms with Crippen molar-refractivity contribution in [2.24, 2.45) is 0 Å². The Labute approximate surface area is 220 Å². The molecule has 2 aliphatic rings. The van der Waals surface area contributed by atoms with Crippen LogP contribution in [0.5, 0.6) is 0 Å². The Morgan fingerprint density at radius 3 is 2.27 bits per heavy atom. The van der Waals surface area contributed by atoms with Crippen molar-refractivity contribution in [1.82, 2.24) is 25.0 Å². The number of benzene rings is 2. The number of aryl methyl sites for hydroxylation is 1. The minimum atomic E-state index is -0.0407. The molecule has 3 aromatic rings. The molecule has 2 aromatic carbocycles. The van der Waals surface area contributed by atoms with E-state index in [0.717, 1.165) is 48.7 Å². The van der Waals surface area contributed by atoms with E-state index >= 15 is 0 Å². The summed E-state index contributed by atoms with van der Waals surface area (Å²) in [6.07, 6.45) is 5.80. The molecule has 7 nitrogen and oxygen atoms in total. The van der Waals surface area contributed by atoms with Gasteiger partial charge in [0.25, 0.3) is 0 Å². The number of nitrogens with one attached hydrogen (secondary N) is 1. The highest BCUT2D eigenvalue weighted by atomic mass is 16.2. The number of nitrogens with zero attached hydrogens (tertiary/aromatic N) is 5. The number of fused-ring (bicyclic) bond motifs is 2. The van der Waals surface area contributed by atoms with E-state index in [-0.39, 0.29) is 6.03 Å². The third kappa shape index (κ3) is 5.72. The number of carbonyl (C=O) groups is 1. The lowest BCUT2D eigenvalue weighted by atomic mass is 9.96. The molecule has 0 spiro atoms. The Kier molecular flexibility index (Phi) is 7.89. The minimum Gasteiger partial charge on any atom is -0.334 e. The van der Waals surface area contributed by atoms with Crippen molar-refractivity contribution in [1.29, 1.82) is 0 Å². The Balaban J connectivity index is 1.20. The number of carbonyl (C=O) groups excluding carboxylic acids is 1. The van der Waals surface area contributed by atoms with Gasteiger partial charge in [0.2, 0.25) is 0 Å². The molecule has 1 N–H and O–H groups in total. The van der Waals surface area contributed by atoms with E-state index in [1.54, 1.807) is 0 Å². The summed E-state index contributed by atoms with van der Waals surface area (Å²) in [7, 11) is 0. The summed E-state index contributed by atoms with van der Waals surface area (Å²) in [6.45, 7) is 8.76. The van der Waals surface area contributed by atoms with Gasteiger partial charge in [-0.2, -0.15) is 0 Å². The van der Waals surface area contributed by atoms with E-state index in [1.165, 1.54) is 12.8 Å². The monoisotopic (exact) mass is 500 g/mol. The summed E-state index contributed by atoms with van der Waals surface area (Å²) in [5, 5.41) is 12.0. The predicted octanol–water partition coefficient (Wildman–Crippen LogP) is 5.68. The molecule has 1 aromatic heterocycles. The standard InChI is InChI=1S/C30H40N6O/c1-22(2)29-33-32-23(3)36(29)28-19-26-15-16-27(20-28)34(26)17-10-18-35(25-13-8-5-9-14-25)30(37)31-21-24-11-6-4-7-12-24/h4-9,11-14,22,26-28H,10,15-21H2,1-3H3,(H,31,37)/t26-,27-/m1/s1. The molecule has 2 amide bonds. The average Bonchev–Trinajstić information content (AvgIpc) is 3.41. The molecule has 7 heteroatoms. The molecule has 0 radical (unpaired) electrons. The number of aromatic nitrogens is 3. The van der Waals surface area contributed by atoms with Crippen molar-refractivity contribution >= 4 is 11.7 Å². The second-order valence-electron chi connectivity index (χ2n) is 10.9. The zero-order chi connectivity index (χ0) is 25.8. The first-order valence-corrected chi connectivity index (χ1v) is 13.8. The third-order valence-electron chi connectivity index (χ3n) is 8.03. The van der Waals surface area contributed by atoms with Crippen molar-refractivity contribution < 1.29 is 4.79 Å². The predicted molar refractivity (Wildman–Crippen MR) is 148 cm³/mol. The molecule has 2 aliphatic heterocycles. The van der Waals surface area contributed by atoms with Gasteiger partial charge in [-0.05, 0) is 56.7 Å². The number of urea groups is 1. The Bertz CT molecular complexity index is 1150. The van der Waals surface area contributed by atoms with Gasteiger partial charge in [-0.3, -0.25) is 9.80 Å². The highest BCUT2D eigenvalue weighted by molar-refractivity contribution is 5.91. The maximum atomic E-state index is 13.2. The van der Waals surface area contributed by atoms with Crippen LogP contribution in [-0.2, 0) is 6.54 Å². The molecule has 0 aliphatic carbocycles. The average molecular weight is 501 g/mol. The number of piperidine rings is 1. The Hall–Kier alpha value is -3.19. The summed E-state index contributed by atoms with van der Waals surface area (Å²) in [5.74, 6) is 2.55. The van der Waals surface area contributed by atoms with Crippen LogP contribution in [0.1, 0.15) is 75.1 Å². The van der Waals surface area contributed by atoms with Gasteiger partial charge in [-0.1, -0.05) is 62.4 Å². The van der Waals surface area contributed by atoms with E-state index in [1.807, 2.05) is 65.6 Å². The smallest absolute Gasteiger partial charge is 0.322 e. The van der Waals surface area contributed by atoms with Crippen LogP contribution in [0, 0.1) is 6.92 Å². The molecule has 196 valence electrons. The van der Waals surface area contributed by atoms with Crippen LogP contribution in [0.2, 0.25) is 0 Å². The first-order chi connectivity index (χ1) is 18.0. The quantitative estimate of drug-likeness (QED) is 0.410. The minimum absolute atomic E-state index is 0.0407. The van der Waals surface area contributed by atoms with E-state index in [0.29, 0.717) is 37.1 Å². The molecular formula is C30H40N6O. The van der Waals surface area contributed by atoms with Crippen LogP contribution in [0.25, 0.3) is 0 Å². The number of para-hydroxylation sites is 1. The largest absolute Gasteiger partial charge is 0.334 e. The van der Waals surface area contributed by atoms with Crippen molar-refractivity contribution in [2.75, 3.05) is 18.0 Å². The van der Waals surface area contributed by atoms with Crippen LogP contribution >= 0.6 is 0 Å². The second-order valence-corrected chi connectivity index (χ2v) is 10.9. The van der Waals surface area contributed by atoms with Crippen molar-refractivity contribution in [3.05, 3.63) is 77.9 Å². The van der Waals surface area contributed by atoms with Gasteiger partial charge in [0.05, 0.1) is 0 Å². The van der Waals surface area contributed by atoms with Gasteiger partial charge < -0.3 is 9.88 Å². The lowest BCUT2D eigenvalue weighted by Gasteiger charge is -2.40. The molecule has 0 saturated carbocycles. The fourth-order valence-electron chi connectivity index (χ4n) is 6.29. The zero-order valence-electron chi connectivity index (χ0n) is 22.4. The summed E-state index contributed by atoms with van der Waals surface area (Å²) < 4.78 is 2.42. The van der Waals surface area contributed by atoms with Crippen LogP contribution in [0.4, 0.5) is 10.5 Å². The van der Waals surface area contributed by atoms with Crippen LogP contribution in [0.3, 0.4) is 0 Å². The van der Waals surface area contributed by atoms with Gasteiger partial charge >= 0.3 is 6.03 Å².